The van der Waals surface area contributed by atoms with Gasteiger partial charge in [-0.15, -0.1) is 24.0 Å². The average molecular weight is 509 g/mol. The zero-order valence-corrected chi connectivity index (χ0v) is 19.6. The monoisotopic (exact) mass is 509 g/mol. The van der Waals surface area contributed by atoms with Crippen molar-refractivity contribution in [2.24, 2.45) is 10.9 Å². The number of rotatable bonds is 7. The van der Waals surface area contributed by atoms with Crippen molar-refractivity contribution in [2.75, 3.05) is 40.1 Å². The number of sulfone groups is 1. The molecule has 1 heterocycles. The molecular formula is C19H32IN3O3S. The Kier molecular flexibility index (Phi) is 10.6. The van der Waals surface area contributed by atoms with Crippen LogP contribution in [0.15, 0.2) is 29.3 Å². The second-order valence-corrected chi connectivity index (χ2v) is 9.19. The van der Waals surface area contributed by atoms with E-state index in [9.17, 15) is 8.42 Å². The van der Waals surface area contributed by atoms with Gasteiger partial charge in [-0.2, -0.15) is 0 Å². The van der Waals surface area contributed by atoms with Gasteiger partial charge in [-0.05, 0) is 36.3 Å². The molecule has 1 saturated heterocycles. The molecule has 1 N–H and O–H groups in total. The van der Waals surface area contributed by atoms with Crippen molar-refractivity contribution >= 4 is 39.8 Å². The molecule has 1 fully saturated rings. The van der Waals surface area contributed by atoms with Gasteiger partial charge >= 0.3 is 0 Å². The quantitative estimate of drug-likeness (QED) is 0.348. The second kappa shape index (κ2) is 11.9. The van der Waals surface area contributed by atoms with Crippen LogP contribution in [-0.4, -0.2) is 59.4 Å². The van der Waals surface area contributed by atoms with Crippen LogP contribution in [0.25, 0.3) is 0 Å². The van der Waals surface area contributed by atoms with Crippen molar-refractivity contribution in [3.63, 3.8) is 0 Å². The number of aliphatic imine (C=N–C) groups is 1. The predicted molar refractivity (Wildman–Crippen MR) is 121 cm³/mol. The molecular weight excluding hydrogens is 477 g/mol. The van der Waals surface area contributed by atoms with Crippen molar-refractivity contribution in [1.82, 2.24) is 10.2 Å². The van der Waals surface area contributed by atoms with E-state index >= 15 is 0 Å². The van der Waals surface area contributed by atoms with Gasteiger partial charge in [-0.1, -0.05) is 24.3 Å². The molecule has 1 aliphatic heterocycles. The van der Waals surface area contributed by atoms with Gasteiger partial charge in [0, 0.05) is 46.7 Å². The fourth-order valence-electron chi connectivity index (χ4n) is 3.14. The van der Waals surface area contributed by atoms with Crippen LogP contribution in [-0.2, 0) is 26.9 Å². The molecule has 2 rings (SSSR count). The van der Waals surface area contributed by atoms with E-state index in [-0.39, 0.29) is 29.7 Å². The van der Waals surface area contributed by atoms with Crippen molar-refractivity contribution in [3.05, 3.63) is 35.4 Å². The lowest BCUT2D eigenvalue weighted by Gasteiger charge is -2.26. The topological polar surface area (TPSA) is 71.0 Å². The predicted octanol–water partition coefficient (Wildman–Crippen LogP) is 2.67. The fourth-order valence-corrected chi connectivity index (χ4v) is 3.94. The van der Waals surface area contributed by atoms with E-state index in [1.54, 1.807) is 7.05 Å². The van der Waals surface area contributed by atoms with Gasteiger partial charge in [-0.3, -0.25) is 4.99 Å². The summed E-state index contributed by atoms with van der Waals surface area (Å²) in [5.41, 5.74) is 1.91. The summed E-state index contributed by atoms with van der Waals surface area (Å²) >= 11 is 0. The maximum Gasteiger partial charge on any atom is 0.193 e. The maximum absolute atomic E-state index is 11.3. The smallest absolute Gasteiger partial charge is 0.193 e. The van der Waals surface area contributed by atoms with Crippen LogP contribution in [0.1, 0.15) is 30.4 Å². The van der Waals surface area contributed by atoms with Crippen LogP contribution in [0, 0.1) is 5.92 Å². The first-order valence-electron chi connectivity index (χ1n) is 9.12. The lowest BCUT2D eigenvalue weighted by molar-refractivity contribution is 0.0625. The van der Waals surface area contributed by atoms with E-state index in [4.69, 9.17) is 4.74 Å². The van der Waals surface area contributed by atoms with Crippen LogP contribution in [0.3, 0.4) is 0 Å². The molecule has 0 aliphatic carbocycles. The molecule has 1 aliphatic rings. The lowest BCUT2D eigenvalue weighted by Crippen LogP contribution is -2.39. The number of ether oxygens (including phenoxy) is 1. The van der Waals surface area contributed by atoms with E-state index in [1.165, 1.54) is 6.26 Å². The molecule has 1 aromatic carbocycles. The Balaban J connectivity index is 0.00000364. The Hall–Kier alpha value is -0.870. The number of nitrogens with one attached hydrogen (secondary N) is 1. The molecule has 0 radical (unpaired) electrons. The number of guanidine groups is 1. The zero-order valence-electron chi connectivity index (χ0n) is 16.5. The molecule has 0 aromatic heterocycles. The molecule has 0 saturated carbocycles. The fraction of sp³-hybridized carbons (Fsp3) is 0.632. The van der Waals surface area contributed by atoms with Crippen LogP contribution in [0.4, 0.5) is 0 Å². The summed E-state index contributed by atoms with van der Waals surface area (Å²) in [7, 11) is 0.858. The van der Waals surface area contributed by atoms with E-state index in [0.717, 1.165) is 62.0 Å². The Morgan fingerprint density at radius 3 is 2.37 bits per heavy atom. The molecule has 8 heteroatoms. The van der Waals surface area contributed by atoms with Gasteiger partial charge < -0.3 is 15.0 Å². The van der Waals surface area contributed by atoms with Gasteiger partial charge in [-0.25, -0.2) is 8.42 Å². The highest BCUT2D eigenvalue weighted by Crippen LogP contribution is 2.18. The molecule has 0 amide bonds. The minimum absolute atomic E-state index is 0. The lowest BCUT2D eigenvalue weighted by atomic mass is 9.96. The maximum atomic E-state index is 11.3. The molecule has 1 aromatic rings. The number of nitrogens with zero attached hydrogens (tertiary/aromatic N) is 2. The minimum Gasteiger partial charge on any atom is -0.381 e. The van der Waals surface area contributed by atoms with Gasteiger partial charge in [0.15, 0.2) is 15.8 Å². The molecule has 154 valence electrons. The van der Waals surface area contributed by atoms with Crippen molar-refractivity contribution in [2.45, 2.75) is 31.6 Å². The third-order valence-electron chi connectivity index (χ3n) is 4.69. The molecule has 0 spiro atoms. The minimum atomic E-state index is -3.00. The average Bonchev–Trinajstić information content (AvgIpc) is 2.61. The van der Waals surface area contributed by atoms with Crippen molar-refractivity contribution < 1.29 is 13.2 Å². The zero-order chi connectivity index (χ0) is 19.0. The summed E-state index contributed by atoms with van der Waals surface area (Å²) in [6.07, 6.45) is 4.71. The molecule has 6 nitrogen and oxygen atoms in total. The first kappa shape index (κ1) is 24.2. The van der Waals surface area contributed by atoms with Gasteiger partial charge in [0.05, 0.1) is 5.75 Å². The molecule has 0 atom stereocenters. The van der Waals surface area contributed by atoms with Crippen LogP contribution in [0.2, 0.25) is 0 Å². The summed E-state index contributed by atoms with van der Waals surface area (Å²) in [5.74, 6) is 1.70. The van der Waals surface area contributed by atoms with Gasteiger partial charge in [0.2, 0.25) is 0 Å². The van der Waals surface area contributed by atoms with E-state index in [2.05, 4.69) is 22.3 Å². The Bertz CT molecular complexity index is 687. The van der Waals surface area contributed by atoms with Crippen molar-refractivity contribution in [3.8, 4) is 0 Å². The van der Waals surface area contributed by atoms with Crippen LogP contribution < -0.4 is 5.32 Å². The molecule has 0 bridgehead atoms. The van der Waals surface area contributed by atoms with E-state index < -0.39 is 9.84 Å². The normalized spacial score (nSPS) is 15.9. The third kappa shape index (κ3) is 9.25. The van der Waals surface area contributed by atoms with E-state index in [1.807, 2.05) is 24.3 Å². The third-order valence-corrected chi connectivity index (χ3v) is 5.55. The Morgan fingerprint density at radius 1 is 1.22 bits per heavy atom. The Morgan fingerprint density at radius 2 is 1.81 bits per heavy atom. The largest absolute Gasteiger partial charge is 0.381 e. The number of hydrogen-bond donors (Lipinski definition) is 1. The first-order chi connectivity index (χ1) is 12.4. The van der Waals surface area contributed by atoms with Gasteiger partial charge in [0.1, 0.15) is 0 Å². The molecule has 0 unspecified atom stereocenters. The number of halogens is 1. The van der Waals surface area contributed by atoms with Gasteiger partial charge in [0.25, 0.3) is 0 Å². The standard InChI is InChI=1S/C19H31N3O3S.HI/c1-20-19(22(2)11-8-16-9-12-25-13-10-16)21-14-17-4-6-18(7-5-17)15-26(3,23)24;/h4-7,16H,8-15H2,1-3H3,(H,20,21);1H. The summed E-state index contributed by atoms with van der Waals surface area (Å²) in [4.78, 5) is 6.52. The first-order valence-corrected chi connectivity index (χ1v) is 11.2. The SMILES string of the molecule is CN=C(NCc1ccc(CS(C)(=O)=O)cc1)N(C)CCC1CCOCC1.I. The Labute approximate surface area is 180 Å². The van der Waals surface area contributed by atoms with Crippen LogP contribution >= 0.6 is 24.0 Å². The van der Waals surface area contributed by atoms with Crippen LogP contribution in [0.5, 0.6) is 0 Å². The number of hydrogen-bond acceptors (Lipinski definition) is 4. The summed E-state index contributed by atoms with van der Waals surface area (Å²) in [6, 6.07) is 7.66. The van der Waals surface area contributed by atoms with Crippen molar-refractivity contribution in [1.29, 1.82) is 0 Å². The highest BCUT2D eigenvalue weighted by Gasteiger charge is 2.15. The van der Waals surface area contributed by atoms with E-state index in [0.29, 0.717) is 6.54 Å². The summed E-state index contributed by atoms with van der Waals surface area (Å²) in [5, 5.41) is 3.37. The molecule has 27 heavy (non-hydrogen) atoms. The second-order valence-electron chi connectivity index (χ2n) is 7.05. The summed E-state index contributed by atoms with van der Waals surface area (Å²) < 4.78 is 28.1. The summed E-state index contributed by atoms with van der Waals surface area (Å²) in [6.45, 7) is 3.40. The highest BCUT2D eigenvalue weighted by molar-refractivity contribution is 14.0. The highest BCUT2D eigenvalue weighted by atomic mass is 127. The number of benzene rings is 1.